The Morgan fingerprint density at radius 1 is 0.957 bits per heavy atom. The molecule has 0 bridgehead atoms. The van der Waals surface area contributed by atoms with Crippen molar-refractivity contribution in [2.45, 2.75) is 100 Å². The van der Waals surface area contributed by atoms with Crippen molar-refractivity contribution in [3.05, 3.63) is 92.0 Å². The zero-order chi connectivity index (χ0) is 50.7. The maximum Gasteiger partial charge on any atom is 0.435 e. The molecule has 26 heteroatoms. The van der Waals surface area contributed by atoms with Gasteiger partial charge in [-0.05, 0) is 79.8 Å². The fourth-order valence-electron chi connectivity index (χ4n) is 9.14. The van der Waals surface area contributed by atoms with Crippen molar-refractivity contribution in [2.75, 3.05) is 17.2 Å². The highest BCUT2D eigenvalue weighted by Crippen LogP contribution is 2.64. The van der Waals surface area contributed by atoms with E-state index in [1.165, 1.54) is 13.8 Å². The Morgan fingerprint density at radius 3 is 2.19 bits per heavy atom. The number of alkyl halides is 9. The Bertz CT molecular complexity index is 3250. The minimum Gasteiger partial charge on any atom is -0.346 e. The molecule has 370 valence electrons. The van der Waals surface area contributed by atoms with Crippen molar-refractivity contribution in [3.8, 4) is 23.0 Å². The fourth-order valence-corrected chi connectivity index (χ4v) is 10.1. The SMILES string of the molecule is CC(C)(C#Cc1nc([C@H](Cc2cc(F)cc(F)c2)NC(=O)Cn2nc(C(F)(F)F)c3c2C(F)(F)[C@@H]2CC[C@H]32)c(-c2ccc(Cl)c3c(NS(C)(=O)=O)nn(CC(F)(F)F)c23)c2c1C[C@H](F)C2)S(C)(=O)=O. The van der Waals surface area contributed by atoms with Crippen LogP contribution in [-0.2, 0) is 69.1 Å². The maximum absolute atomic E-state index is 15.9. The summed E-state index contributed by atoms with van der Waals surface area (Å²) in [5, 5.41) is 9.02. The lowest BCUT2D eigenvalue weighted by Crippen LogP contribution is -2.36. The molecule has 5 aromatic rings. The lowest BCUT2D eigenvalue weighted by molar-refractivity contribution is -0.144. The number of carbonyl (C=O) groups excluding carboxylic acids is 1. The van der Waals surface area contributed by atoms with Crippen LogP contribution in [0.4, 0.5) is 54.1 Å². The first-order chi connectivity index (χ1) is 31.7. The van der Waals surface area contributed by atoms with E-state index in [0.717, 1.165) is 30.5 Å². The van der Waals surface area contributed by atoms with Crippen LogP contribution < -0.4 is 10.0 Å². The second-order valence-electron chi connectivity index (χ2n) is 17.8. The van der Waals surface area contributed by atoms with Crippen LogP contribution in [-0.4, -0.2) is 76.9 Å². The van der Waals surface area contributed by atoms with Gasteiger partial charge in [-0.1, -0.05) is 23.6 Å². The lowest BCUT2D eigenvalue weighted by Gasteiger charge is -2.34. The number of rotatable bonds is 11. The van der Waals surface area contributed by atoms with Crippen molar-refractivity contribution in [3.63, 3.8) is 0 Å². The summed E-state index contributed by atoms with van der Waals surface area (Å²) in [5.41, 5.74) is -5.73. The van der Waals surface area contributed by atoms with E-state index in [0.29, 0.717) is 17.0 Å². The number of fused-ring (bicyclic) bond motifs is 5. The normalized spacial score (nSPS) is 19.3. The van der Waals surface area contributed by atoms with Gasteiger partial charge in [-0.3, -0.25) is 18.9 Å². The van der Waals surface area contributed by atoms with Crippen molar-refractivity contribution in [2.24, 2.45) is 5.92 Å². The monoisotopic (exact) mass is 1040 g/mol. The number of sulfonamides is 1. The molecule has 2 N–H and O–H groups in total. The summed E-state index contributed by atoms with van der Waals surface area (Å²) >= 11 is 6.55. The second-order valence-corrected chi connectivity index (χ2v) is 22.5. The molecule has 69 heavy (non-hydrogen) atoms. The smallest absolute Gasteiger partial charge is 0.346 e. The first-order valence-corrected chi connectivity index (χ1v) is 24.9. The summed E-state index contributed by atoms with van der Waals surface area (Å²) in [6, 6.07) is 2.59. The summed E-state index contributed by atoms with van der Waals surface area (Å²) in [5.74, 6) is -5.66. The molecule has 1 fully saturated rings. The van der Waals surface area contributed by atoms with E-state index in [1.807, 2.05) is 4.72 Å². The van der Waals surface area contributed by atoms with Gasteiger partial charge in [-0.25, -0.2) is 35.0 Å². The average Bonchev–Trinajstić information content (AvgIpc) is 3.87. The molecule has 3 heterocycles. The van der Waals surface area contributed by atoms with Crippen molar-refractivity contribution in [1.82, 2.24) is 29.9 Å². The van der Waals surface area contributed by atoms with Gasteiger partial charge in [0.05, 0.1) is 33.9 Å². The van der Waals surface area contributed by atoms with Crippen LogP contribution >= 0.6 is 11.6 Å². The number of benzene rings is 2. The number of halogens is 12. The number of nitrogens with one attached hydrogen (secondary N) is 2. The molecular weight excluding hydrogens is 1000 g/mol. The van der Waals surface area contributed by atoms with E-state index in [9.17, 15) is 56.8 Å². The van der Waals surface area contributed by atoms with Crippen LogP contribution in [0.25, 0.3) is 22.0 Å². The van der Waals surface area contributed by atoms with Gasteiger partial charge < -0.3 is 5.32 Å². The highest BCUT2D eigenvalue weighted by molar-refractivity contribution is 7.92. The number of sulfone groups is 1. The molecule has 12 nitrogen and oxygen atoms in total. The van der Waals surface area contributed by atoms with Crippen LogP contribution in [0.1, 0.15) is 83.7 Å². The second kappa shape index (κ2) is 16.8. The minimum atomic E-state index is -5.23. The quantitative estimate of drug-likeness (QED) is 0.0986. The molecule has 0 unspecified atom stereocenters. The lowest BCUT2D eigenvalue weighted by atomic mass is 9.73. The van der Waals surface area contributed by atoms with E-state index < -0.39 is 156 Å². The molecule has 1 saturated carbocycles. The molecule has 0 spiro atoms. The van der Waals surface area contributed by atoms with Gasteiger partial charge in [0, 0.05) is 47.8 Å². The van der Waals surface area contributed by atoms with Gasteiger partial charge in [0.25, 0.3) is 5.92 Å². The third kappa shape index (κ3) is 9.47. The average molecular weight is 1040 g/mol. The predicted molar refractivity (Wildman–Crippen MR) is 228 cm³/mol. The largest absolute Gasteiger partial charge is 0.435 e. The molecule has 3 aliphatic rings. The number of amides is 1. The molecule has 3 aromatic heterocycles. The predicted octanol–water partition coefficient (Wildman–Crippen LogP) is 8.49. The van der Waals surface area contributed by atoms with Crippen LogP contribution in [0.2, 0.25) is 5.02 Å². The van der Waals surface area contributed by atoms with E-state index in [2.05, 4.69) is 32.3 Å². The Balaban J connectivity index is 1.41. The van der Waals surface area contributed by atoms with Crippen LogP contribution in [0.5, 0.6) is 0 Å². The van der Waals surface area contributed by atoms with Crippen molar-refractivity contribution < 1.29 is 69.9 Å². The number of hydrogen-bond acceptors (Lipinski definition) is 8. The standard InChI is InChI=1S/C43H37ClF11N7O5S2/c1-40(2,68(3,64)65)10-9-29-25-15-22(47)16-26(25)32(24-6-8-28(44)34-36(24)62(18-41(48,49)50)59-39(34)60-69(4,66)67)35(57-29)30(13-19-11-20(45)14-21(46)12-19)56-31(63)17-61-38-33(37(58-61)43(53,54)55)23-5-7-27(23)42(38,51)52/h6,8,11-12,14,22-23,27,30H,5,7,13,15-18H2,1-4H3,(H,56,63)(H,59,60)/t22-,23-,27+,30-/m0/s1. The third-order valence-electron chi connectivity index (χ3n) is 12.4. The van der Waals surface area contributed by atoms with E-state index >= 15 is 13.2 Å². The molecule has 1 amide bonds. The summed E-state index contributed by atoms with van der Waals surface area (Å²) in [6.45, 7) is -0.715. The van der Waals surface area contributed by atoms with Crippen molar-refractivity contribution >= 4 is 54.1 Å². The number of hydrogen-bond donors (Lipinski definition) is 2. The number of anilines is 1. The van der Waals surface area contributed by atoms with Crippen LogP contribution in [0, 0.1) is 29.4 Å². The van der Waals surface area contributed by atoms with Gasteiger partial charge >= 0.3 is 12.4 Å². The molecule has 4 atom stereocenters. The Morgan fingerprint density at radius 2 is 1.61 bits per heavy atom. The van der Waals surface area contributed by atoms with Gasteiger partial charge in [0.2, 0.25) is 15.9 Å². The summed E-state index contributed by atoms with van der Waals surface area (Å²) in [6.07, 6.45) is -12.3. The Hall–Kier alpha value is -5.48. The van der Waals surface area contributed by atoms with E-state index in [1.54, 1.807) is 0 Å². The minimum absolute atomic E-state index is 0.00282. The van der Waals surface area contributed by atoms with Crippen LogP contribution in [0.15, 0.2) is 30.3 Å². The number of pyridine rings is 1. The summed E-state index contributed by atoms with van der Waals surface area (Å²) in [4.78, 5) is 19.0. The van der Waals surface area contributed by atoms with E-state index in [4.69, 9.17) is 11.6 Å². The third-order valence-corrected chi connectivity index (χ3v) is 15.3. The van der Waals surface area contributed by atoms with Crippen LogP contribution in [0.3, 0.4) is 0 Å². The zero-order valence-corrected chi connectivity index (χ0v) is 38.7. The zero-order valence-electron chi connectivity index (χ0n) is 36.3. The first kappa shape index (κ1) is 49.9. The molecular formula is C43H37ClF11N7O5S2. The number of carbonyl (C=O) groups is 1. The number of nitrogens with zero attached hydrogens (tertiary/aromatic N) is 5. The highest BCUT2D eigenvalue weighted by Gasteiger charge is 2.63. The molecule has 0 radical (unpaired) electrons. The van der Waals surface area contributed by atoms with Gasteiger partial charge in [-0.15, -0.1) is 0 Å². The summed E-state index contributed by atoms with van der Waals surface area (Å²) < 4.78 is 215. The molecule has 2 aromatic carbocycles. The Kier molecular flexibility index (Phi) is 12.2. The highest BCUT2D eigenvalue weighted by atomic mass is 35.5. The fraction of sp³-hybridized carbons (Fsp3) is 0.442. The molecule has 0 aliphatic heterocycles. The topological polar surface area (TPSA) is 158 Å². The van der Waals surface area contributed by atoms with E-state index in [-0.39, 0.29) is 56.1 Å². The molecule has 3 aliphatic carbocycles. The van der Waals surface area contributed by atoms with Crippen molar-refractivity contribution in [1.29, 1.82) is 0 Å². The molecule has 0 saturated heterocycles. The molecule has 8 rings (SSSR count). The number of aromatic nitrogens is 5. The first-order valence-electron chi connectivity index (χ1n) is 20.7. The Labute approximate surface area is 391 Å². The van der Waals surface area contributed by atoms with Gasteiger partial charge in [-0.2, -0.15) is 45.3 Å². The van der Waals surface area contributed by atoms with Gasteiger partial charge in [0.1, 0.15) is 47.0 Å². The maximum atomic E-state index is 15.9. The van der Waals surface area contributed by atoms with Gasteiger partial charge in [0.15, 0.2) is 21.3 Å². The summed E-state index contributed by atoms with van der Waals surface area (Å²) in [7, 11) is -8.23.